The summed E-state index contributed by atoms with van der Waals surface area (Å²) in [7, 11) is 0. The van der Waals surface area contributed by atoms with Crippen molar-refractivity contribution in [1.29, 1.82) is 5.26 Å². The Kier molecular flexibility index (Phi) is 4.37. The molecule has 1 aliphatic heterocycles. The summed E-state index contributed by atoms with van der Waals surface area (Å²) in [6.45, 7) is 2.01. The van der Waals surface area contributed by atoms with Crippen LogP contribution in [0.5, 0.6) is 0 Å². The normalized spacial score (nSPS) is 15.6. The highest BCUT2D eigenvalue weighted by molar-refractivity contribution is 6.30. The van der Waals surface area contributed by atoms with Gasteiger partial charge in [-0.2, -0.15) is 5.26 Å². The fraction of sp³-hybridized carbons (Fsp3) is 0.292. The molecule has 0 spiro atoms. The van der Waals surface area contributed by atoms with E-state index >= 15 is 0 Å². The second-order valence-electron chi connectivity index (χ2n) is 7.60. The predicted octanol–water partition coefficient (Wildman–Crippen LogP) is 6.23. The monoisotopic (exact) mass is 388 g/mol. The second-order valence-corrected chi connectivity index (χ2v) is 8.03. The summed E-state index contributed by atoms with van der Waals surface area (Å²) in [4.78, 5) is 2.39. The molecule has 1 aromatic heterocycles. The van der Waals surface area contributed by atoms with Crippen LogP contribution in [0, 0.1) is 11.3 Å². The van der Waals surface area contributed by atoms with Crippen LogP contribution >= 0.6 is 11.6 Å². The van der Waals surface area contributed by atoms with Crippen molar-refractivity contribution < 1.29 is 4.42 Å². The number of hydrogen-bond acceptors (Lipinski definition) is 3. The minimum atomic E-state index is 0.736. The van der Waals surface area contributed by atoms with E-state index in [0.717, 1.165) is 64.7 Å². The van der Waals surface area contributed by atoms with Crippen LogP contribution in [0.3, 0.4) is 0 Å². The van der Waals surface area contributed by atoms with Crippen LogP contribution in [-0.2, 0) is 12.8 Å². The van der Waals surface area contributed by atoms with Crippen molar-refractivity contribution >= 4 is 17.3 Å². The average molecular weight is 389 g/mol. The minimum absolute atomic E-state index is 0.736. The van der Waals surface area contributed by atoms with Gasteiger partial charge in [0, 0.05) is 35.7 Å². The maximum Gasteiger partial charge on any atom is 0.111 e. The Balaban J connectivity index is 1.79. The van der Waals surface area contributed by atoms with E-state index in [1.54, 1.807) is 6.26 Å². The van der Waals surface area contributed by atoms with Crippen molar-refractivity contribution in [3.05, 3.63) is 64.6 Å². The highest BCUT2D eigenvalue weighted by Crippen LogP contribution is 2.45. The number of halogens is 1. The van der Waals surface area contributed by atoms with Crippen molar-refractivity contribution in [1.82, 2.24) is 0 Å². The SMILES string of the molecule is N#Cc1c(N2CCCCC2)cc(-c2ccc(Cl)cc2)c2c1-c1ccoc1CC2. The fourth-order valence-corrected chi connectivity index (χ4v) is 4.77. The zero-order chi connectivity index (χ0) is 19.1. The van der Waals surface area contributed by atoms with Gasteiger partial charge in [0.05, 0.1) is 17.5 Å². The molecule has 0 saturated carbocycles. The third-order valence-corrected chi connectivity index (χ3v) is 6.25. The molecule has 2 aliphatic rings. The number of furan rings is 1. The van der Waals surface area contributed by atoms with Crippen molar-refractivity contribution in [3.63, 3.8) is 0 Å². The first kappa shape index (κ1) is 17.4. The maximum absolute atomic E-state index is 10.1. The molecule has 28 heavy (non-hydrogen) atoms. The fourth-order valence-electron chi connectivity index (χ4n) is 4.65. The molecule has 0 radical (unpaired) electrons. The Morgan fingerprint density at radius 1 is 0.964 bits per heavy atom. The number of rotatable bonds is 2. The van der Waals surface area contributed by atoms with E-state index in [4.69, 9.17) is 16.0 Å². The van der Waals surface area contributed by atoms with Crippen molar-refractivity contribution in [2.45, 2.75) is 32.1 Å². The van der Waals surface area contributed by atoms with Crippen molar-refractivity contribution in [2.24, 2.45) is 0 Å². The highest BCUT2D eigenvalue weighted by Gasteiger charge is 2.28. The second kappa shape index (κ2) is 7.04. The molecule has 3 aromatic rings. The lowest BCUT2D eigenvalue weighted by atomic mass is 9.81. The van der Waals surface area contributed by atoms with E-state index in [-0.39, 0.29) is 0 Å². The number of piperidine rings is 1. The minimum Gasteiger partial charge on any atom is -0.469 e. The molecule has 2 aromatic carbocycles. The Labute approximate surface area is 170 Å². The molecule has 0 N–H and O–H groups in total. The van der Waals surface area contributed by atoms with Gasteiger partial charge in [-0.25, -0.2) is 0 Å². The Hall–Kier alpha value is -2.70. The lowest BCUT2D eigenvalue weighted by Crippen LogP contribution is -2.30. The zero-order valence-electron chi connectivity index (χ0n) is 15.7. The van der Waals surface area contributed by atoms with Gasteiger partial charge in [0.25, 0.3) is 0 Å². The number of benzene rings is 2. The van der Waals surface area contributed by atoms with E-state index in [9.17, 15) is 5.26 Å². The number of hydrogen-bond donors (Lipinski definition) is 0. The van der Waals surface area contributed by atoms with Gasteiger partial charge in [-0.1, -0.05) is 23.7 Å². The molecule has 0 bridgehead atoms. The molecule has 2 heterocycles. The largest absolute Gasteiger partial charge is 0.469 e. The van der Waals surface area contributed by atoms with Crippen LogP contribution in [-0.4, -0.2) is 13.1 Å². The van der Waals surface area contributed by atoms with Crippen LogP contribution in [0.25, 0.3) is 22.3 Å². The summed E-state index contributed by atoms with van der Waals surface area (Å²) in [6.07, 6.45) is 7.10. The van der Waals surface area contributed by atoms with E-state index in [0.29, 0.717) is 0 Å². The van der Waals surface area contributed by atoms with E-state index in [2.05, 4.69) is 29.2 Å². The predicted molar refractivity (Wildman–Crippen MR) is 113 cm³/mol. The molecular formula is C24H21ClN2O. The Morgan fingerprint density at radius 3 is 2.50 bits per heavy atom. The summed E-state index contributed by atoms with van der Waals surface area (Å²) < 4.78 is 5.72. The number of fused-ring (bicyclic) bond motifs is 3. The molecule has 1 saturated heterocycles. The van der Waals surface area contributed by atoms with E-state index < -0.39 is 0 Å². The summed E-state index contributed by atoms with van der Waals surface area (Å²) in [5, 5.41) is 10.9. The van der Waals surface area contributed by atoms with Crippen molar-refractivity contribution in [2.75, 3.05) is 18.0 Å². The molecule has 4 heteroatoms. The van der Waals surface area contributed by atoms with E-state index in [1.807, 2.05) is 18.2 Å². The molecule has 3 nitrogen and oxygen atoms in total. The van der Waals surface area contributed by atoms with Crippen LogP contribution in [0.1, 0.15) is 36.1 Å². The van der Waals surface area contributed by atoms with E-state index in [1.165, 1.54) is 30.4 Å². The zero-order valence-corrected chi connectivity index (χ0v) is 16.4. The number of anilines is 1. The Morgan fingerprint density at radius 2 is 1.75 bits per heavy atom. The molecule has 0 unspecified atom stereocenters. The first-order valence-electron chi connectivity index (χ1n) is 9.94. The molecule has 5 rings (SSSR count). The van der Waals surface area contributed by atoms with Crippen LogP contribution in [0.2, 0.25) is 5.02 Å². The van der Waals surface area contributed by atoms with Gasteiger partial charge in [0.15, 0.2) is 0 Å². The summed E-state index contributed by atoms with van der Waals surface area (Å²) in [5.74, 6) is 0.988. The van der Waals surface area contributed by atoms with Crippen molar-refractivity contribution in [3.8, 4) is 28.3 Å². The standard InChI is InChI=1S/C24H21ClN2O/c25-17-6-4-16(5-7-17)20-14-22(27-11-2-1-3-12-27)21(15-26)24-18(20)8-9-23-19(24)10-13-28-23/h4-7,10,13-14H,1-3,8-9,11-12H2. The summed E-state index contributed by atoms with van der Waals surface area (Å²) >= 11 is 6.13. The van der Waals surface area contributed by atoms with Gasteiger partial charge in [0.2, 0.25) is 0 Å². The molecule has 140 valence electrons. The number of nitriles is 1. The third-order valence-electron chi connectivity index (χ3n) is 5.99. The first-order chi connectivity index (χ1) is 13.8. The highest BCUT2D eigenvalue weighted by atomic mass is 35.5. The molecule has 1 fully saturated rings. The van der Waals surface area contributed by atoms with Crippen LogP contribution < -0.4 is 4.90 Å². The Bertz CT molecular complexity index is 1070. The average Bonchev–Trinajstić information content (AvgIpc) is 3.23. The number of aryl methyl sites for hydroxylation is 1. The molecular weight excluding hydrogens is 368 g/mol. The van der Waals surface area contributed by atoms with Gasteiger partial charge in [0.1, 0.15) is 11.8 Å². The van der Waals surface area contributed by atoms with Crippen LogP contribution in [0.4, 0.5) is 5.69 Å². The lowest BCUT2D eigenvalue weighted by molar-refractivity contribution is 0.507. The quantitative estimate of drug-likeness (QED) is 0.522. The number of nitrogens with zero attached hydrogens (tertiary/aromatic N) is 2. The molecule has 1 aliphatic carbocycles. The topological polar surface area (TPSA) is 40.2 Å². The third kappa shape index (κ3) is 2.80. The van der Waals surface area contributed by atoms with Gasteiger partial charge >= 0.3 is 0 Å². The maximum atomic E-state index is 10.1. The summed E-state index contributed by atoms with van der Waals surface area (Å²) in [6, 6.07) is 14.8. The van der Waals surface area contributed by atoms with Gasteiger partial charge in [-0.05, 0) is 66.6 Å². The van der Waals surface area contributed by atoms with Gasteiger partial charge < -0.3 is 9.32 Å². The molecule has 0 atom stereocenters. The first-order valence-corrected chi connectivity index (χ1v) is 10.3. The van der Waals surface area contributed by atoms with Gasteiger partial charge in [-0.3, -0.25) is 0 Å². The lowest BCUT2D eigenvalue weighted by Gasteiger charge is -2.32. The summed E-state index contributed by atoms with van der Waals surface area (Å²) in [5.41, 5.74) is 7.58. The van der Waals surface area contributed by atoms with Crippen LogP contribution in [0.15, 0.2) is 47.1 Å². The van der Waals surface area contributed by atoms with Gasteiger partial charge in [-0.15, -0.1) is 0 Å². The smallest absolute Gasteiger partial charge is 0.111 e. The molecule has 0 amide bonds.